The highest BCUT2D eigenvalue weighted by atomic mass is 32.2. The first-order valence-corrected chi connectivity index (χ1v) is 10.2. The predicted molar refractivity (Wildman–Crippen MR) is 99.4 cm³/mol. The molecule has 1 aromatic rings. The number of aryl methyl sites for hydroxylation is 1. The van der Waals surface area contributed by atoms with Crippen LogP contribution in [0.1, 0.15) is 64.7 Å². The van der Waals surface area contributed by atoms with E-state index in [0.717, 1.165) is 12.8 Å². The highest BCUT2D eigenvalue weighted by Crippen LogP contribution is 2.38. The summed E-state index contributed by atoms with van der Waals surface area (Å²) in [7, 11) is -5.79. The minimum atomic E-state index is -5.79. The van der Waals surface area contributed by atoms with Gasteiger partial charge in [-0.2, -0.15) is 21.6 Å². The molecule has 5 nitrogen and oxygen atoms in total. The summed E-state index contributed by atoms with van der Waals surface area (Å²) in [4.78, 5) is 0. The number of benzene rings is 1. The van der Waals surface area contributed by atoms with Crippen LogP contribution in [0.5, 0.6) is 5.75 Å². The number of halogens is 3. The molecule has 1 atom stereocenters. The van der Waals surface area contributed by atoms with E-state index in [1.54, 1.807) is 40.7 Å². The Bertz CT molecular complexity index is 740. The number of hydrogen-bond donors (Lipinski definition) is 1. The van der Waals surface area contributed by atoms with Gasteiger partial charge in [0.05, 0.1) is 11.7 Å². The molecule has 0 bridgehead atoms. The Labute approximate surface area is 159 Å². The van der Waals surface area contributed by atoms with E-state index in [-0.39, 0.29) is 11.3 Å². The number of ether oxygens (including phenoxy) is 1. The molecule has 1 unspecified atom stereocenters. The zero-order valence-corrected chi connectivity index (χ0v) is 17.3. The SMILES string of the molecule is CCCCNc1cc(C)c(C(C)OC(C)(C)C)c(OS(=O)(=O)C(F)(F)F)c1. The monoisotopic (exact) mass is 411 g/mol. The van der Waals surface area contributed by atoms with E-state index in [1.165, 1.54) is 6.07 Å². The third kappa shape index (κ3) is 6.88. The van der Waals surface area contributed by atoms with Crippen molar-refractivity contribution in [2.75, 3.05) is 11.9 Å². The number of unbranched alkanes of at least 4 members (excludes halogenated alkanes) is 1. The van der Waals surface area contributed by atoms with E-state index in [9.17, 15) is 21.6 Å². The Morgan fingerprint density at radius 3 is 2.26 bits per heavy atom. The summed E-state index contributed by atoms with van der Waals surface area (Å²) in [6.07, 6.45) is 1.13. The van der Waals surface area contributed by atoms with Crippen LogP contribution in [-0.4, -0.2) is 26.1 Å². The Morgan fingerprint density at radius 1 is 1.19 bits per heavy atom. The normalized spacial score (nSPS) is 14.1. The fourth-order valence-electron chi connectivity index (χ4n) is 2.62. The Balaban J connectivity index is 3.39. The van der Waals surface area contributed by atoms with Gasteiger partial charge in [0.15, 0.2) is 5.75 Å². The molecular formula is C18H28F3NO4S. The molecule has 1 aromatic carbocycles. The fourth-order valence-corrected chi connectivity index (χ4v) is 3.09. The molecule has 156 valence electrons. The minimum absolute atomic E-state index is 0.263. The van der Waals surface area contributed by atoms with Gasteiger partial charge in [0.25, 0.3) is 0 Å². The Morgan fingerprint density at radius 2 is 1.78 bits per heavy atom. The van der Waals surface area contributed by atoms with Gasteiger partial charge in [-0.25, -0.2) is 0 Å². The van der Waals surface area contributed by atoms with E-state index in [0.29, 0.717) is 17.8 Å². The average molecular weight is 411 g/mol. The highest BCUT2D eigenvalue weighted by molar-refractivity contribution is 7.88. The molecule has 0 saturated carbocycles. The van der Waals surface area contributed by atoms with Crippen molar-refractivity contribution in [2.45, 2.75) is 71.6 Å². The molecular weight excluding hydrogens is 383 g/mol. The van der Waals surface area contributed by atoms with E-state index in [4.69, 9.17) is 4.74 Å². The molecule has 0 amide bonds. The summed E-state index contributed by atoms with van der Waals surface area (Å²) >= 11 is 0. The molecule has 0 heterocycles. The molecule has 27 heavy (non-hydrogen) atoms. The van der Waals surface area contributed by atoms with Crippen molar-refractivity contribution in [3.63, 3.8) is 0 Å². The summed E-state index contributed by atoms with van der Waals surface area (Å²) in [6.45, 7) is 11.3. The van der Waals surface area contributed by atoms with Crippen molar-refractivity contribution in [1.29, 1.82) is 0 Å². The van der Waals surface area contributed by atoms with Gasteiger partial charge in [-0.1, -0.05) is 13.3 Å². The van der Waals surface area contributed by atoms with Crippen LogP contribution in [0.15, 0.2) is 12.1 Å². The van der Waals surface area contributed by atoms with Gasteiger partial charge in [-0.3, -0.25) is 0 Å². The summed E-state index contributed by atoms with van der Waals surface area (Å²) in [5.41, 5.74) is -4.78. The van der Waals surface area contributed by atoms with Crippen LogP contribution in [-0.2, 0) is 14.9 Å². The van der Waals surface area contributed by atoms with E-state index in [2.05, 4.69) is 9.50 Å². The van der Waals surface area contributed by atoms with Crippen LogP contribution < -0.4 is 9.50 Å². The summed E-state index contributed by atoms with van der Waals surface area (Å²) < 4.78 is 71.8. The zero-order chi connectivity index (χ0) is 21.0. The van der Waals surface area contributed by atoms with Crippen molar-refractivity contribution in [2.24, 2.45) is 0 Å². The lowest BCUT2D eigenvalue weighted by Gasteiger charge is -2.28. The van der Waals surface area contributed by atoms with Gasteiger partial charge < -0.3 is 14.2 Å². The van der Waals surface area contributed by atoms with Crippen LogP contribution in [0.2, 0.25) is 0 Å². The maximum Gasteiger partial charge on any atom is 0.534 e. The molecule has 9 heteroatoms. The third-order valence-electron chi connectivity index (χ3n) is 3.63. The summed E-state index contributed by atoms with van der Waals surface area (Å²) in [5, 5.41) is 3.07. The van der Waals surface area contributed by atoms with E-state index in [1.807, 2.05) is 6.92 Å². The molecule has 0 spiro atoms. The first-order chi connectivity index (χ1) is 12.2. The number of rotatable bonds is 8. The molecule has 0 aliphatic heterocycles. The second-order valence-corrected chi connectivity index (χ2v) is 8.88. The second-order valence-electron chi connectivity index (χ2n) is 7.34. The van der Waals surface area contributed by atoms with Gasteiger partial charge in [0.2, 0.25) is 0 Å². The van der Waals surface area contributed by atoms with E-state index >= 15 is 0 Å². The Kier molecular flexibility index (Phi) is 7.58. The lowest BCUT2D eigenvalue weighted by atomic mass is 10.0. The van der Waals surface area contributed by atoms with Crippen LogP contribution in [0.3, 0.4) is 0 Å². The molecule has 0 aromatic heterocycles. The molecule has 1 N–H and O–H groups in total. The van der Waals surface area contributed by atoms with Crippen molar-refractivity contribution in [1.82, 2.24) is 0 Å². The van der Waals surface area contributed by atoms with Gasteiger partial charge in [-0.05, 0) is 52.7 Å². The van der Waals surface area contributed by atoms with Crippen molar-refractivity contribution < 1.29 is 30.5 Å². The lowest BCUT2D eigenvalue weighted by Crippen LogP contribution is -2.29. The van der Waals surface area contributed by atoms with Gasteiger partial charge in [0.1, 0.15) is 0 Å². The Hall–Kier alpha value is -1.48. The third-order valence-corrected chi connectivity index (χ3v) is 4.59. The molecule has 0 aliphatic rings. The standard InChI is InChI=1S/C18H28F3NO4S/c1-7-8-9-22-14-10-12(2)16(13(3)25-17(4,5)6)15(11-14)26-27(23,24)18(19,20)21/h10-11,13,22H,7-9H2,1-6H3. The largest absolute Gasteiger partial charge is 0.534 e. The summed E-state index contributed by atoms with van der Waals surface area (Å²) in [5.74, 6) is -0.386. The topological polar surface area (TPSA) is 64.6 Å². The van der Waals surface area contributed by atoms with Crippen molar-refractivity contribution in [3.8, 4) is 5.75 Å². The van der Waals surface area contributed by atoms with Crippen LogP contribution in [0.4, 0.5) is 18.9 Å². The number of hydrogen-bond acceptors (Lipinski definition) is 5. The molecule has 0 fully saturated rings. The highest BCUT2D eigenvalue weighted by Gasteiger charge is 2.49. The van der Waals surface area contributed by atoms with Gasteiger partial charge in [-0.15, -0.1) is 0 Å². The fraction of sp³-hybridized carbons (Fsp3) is 0.667. The maximum absolute atomic E-state index is 12.8. The average Bonchev–Trinajstić information content (AvgIpc) is 2.43. The van der Waals surface area contributed by atoms with Gasteiger partial charge in [0, 0.05) is 23.9 Å². The lowest BCUT2D eigenvalue weighted by molar-refractivity contribution is -0.0556. The van der Waals surface area contributed by atoms with Crippen molar-refractivity contribution >= 4 is 15.8 Å². The number of nitrogens with one attached hydrogen (secondary N) is 1. The molecule has 1 rings (SSSR count). The van der Waals surface area contributed by atoms with Crippen LogP contribution in [0, 0.1) is 6.92 Å². The van der Waals surface area contributed by atoms with Gasteiger partial charge >= 0.3 is 15.6 Å². The predicted octanol–water partition coefficient (Wildman–Crippen LogP) is 5.31. The summed E-state index contributed by atoms with van der Waals surface area (Å²) in [6, 6.07) is 3.00. The molecule has 0 radical (unpaired) electrons. The van der Waals surface area contributed by atoms with E-state index < -0.39 is 27.3 Å². The smallest absolute Gasteiger partial charge is 0.385 e. The number of anilines is 1. The zero-order valence-electron chi connectivity index (χ0n) is 16.5. The number of alkyl halides is 3. The minimum Gasteiger partial charge on any atom is -0.385 e. The second kappa shape index (κ2) is 8.68. The molecule has 0 saturated heterocycles. The van der Waals surface area contributed by atoms with Crippen LogP contribution in [0.25, 0.3) is 0 Å². The quantitative estimate of drug-likeness (QED) is 0.357. The first-order valence-electron chi connectivity index (χ1n) is 8.75. The molecule has 0 aliphatic carbocycles. The first kappa shape index (κ1) is 23.6. The van der Waals surface area contributed by atoms with Crippen molar-refractivity contribution in [3.05, 3.63) is 23.3 Å². The van der Waals surface area contributed by atoms with Crippen LogP contribution >= 0.6 is 0 Å². The maximum atomic E-state index is 12.8.